The fourth-order valence-electron chi connectivity index (χ4n) is 4.43. The van der Waals surface area contributed by atoms with Crippen LogP contribution in [-0.4, -0.2) is 63.0 Å². The van der Waals surface area contributed by atoms with Gasteiger partial charge in [-0.2, -0.15) is 0 Å². The lowest BCUT2D eigenvalue weighted by molar-refractivity contribution is -0.880. The number of fused-ring (bicyclic) bond motifs is 1. The summed E-state index contributed by atoms with van der Waals surface area (Å²) in [4.78, 5) is 40.8. The van der Waals surface area contributed by atoms with Crippen molar-refractivity contribution in [2.45, 2.75) is 26.2 Å². The van der Waals surface area contributed by atoms with Crippen molar-refractivity contribution in [2.24, 2.45) is 4.99 Å². The number of hydrogen-bond donors (Lipinski definition) is 1. The Labute approximate surface area is 231 Å². The number of ketones is 1. The highest BCUT2D eigenvalue weighted by Crippen LogP contribution is 2.25. The van der Waals surface area contributed by atoms with Crippen LogP contribution in [0.25, 0.3) is 10.9 Å². The number of nitrogens with zero attached hydrogens (tertiary/aromatic N) is 6. The monoisotopic (exact) mass is 542 g/mol. The summed E-state index contributed by atoms with van der Waals surface area (Å²) in [5, 5.41) is 15.2. The normalized spacial score (nSPS) is 13.5. The molecule has 0 atom stereocenters. The van der Waals surface area contributed by atoms with E-state index in [9.17, 15) is 19.3 Å². The van der Waals surface area contributed by atoms with Crippen LogP contribution in [0.4, 0.5) is 15.9 Å². The third-order valence-corrected chi connectivity index (χ3v) is 6.42. The SMILES string of the molecule is C#Cc1cc(Nc2ncnc3cnc(CC(=O)/C=C/C[N+](C)(C)CC4=C([N+](=O)[O-])N=C(CC)C4)cc23)ccc1F. The van der Waals surface area contributed by atoms with Gasteiger partial charge in [0.2, 0.25) is 0 Å². The molecule has 1 N–H and O–H groups in total. The minimum absolute atomic E-state index is 0.0563. The number of anilines is 2. The minimum atomic E-state index is -0.488. The number of benzene rings is 1. The maximum absolute atomic E-state index is 13.8. The summed E-state index contributed by atoms with van der Waals surface area (Å²) in [6.45, 7) is 2.90. The average molecular weight is 543 g/mol. The number of quaternary nitrogens is 1. The van der Waals surface area contributed by atoms with Crippen molar-refractivity contribution in [2.75, 3.05) is 32.5 Å². The maximum Gasteiger partial charge on any atom is 0.368 e. The summed E-state index contributed by atoms with van der Waals surface area (Å²) in [5.74, 6) is 2.09. The van der Waals surface area contributed by atoms with Crippen molar-refractivity contribution >= 4 is 33.9 Å². The zero-order chi connectivity index (χ0) is 28.9. The van der Waals surface area contributed by atoms with Gasteiger partial charge >= 0.3 is 5.82 Å². The molecule has 3 aromatic rings. The van der Waals surface area contributed by atoms with Gasteiger partial charge in [0, 0.05) is 29.6 Å². The molecule has 0 aliphatic carbocycles. The first-order chi connectivity index (χ1) is 19.1. The fourth-order valence-corrected chi connectivity index (χ4v) is 4.43. The number of terminal acetylenes is 1. The van der Waals surface area contributed by atoms with Crippen LogP contribution in [-0.2, 0) is 11.2 Å². The highest BCUT2D eigenvalue weighted by Gasteiger charge is 2.32. The summed E-state index contributed by atoms with van der Waals surface area (Å²) in [7, 11) is 3.91. The highest BCUT2D eigenvalue weighted by molar-refractivity contribution is 5.94. The third-order valence-electron chi connectivity index (χ3n) is 6.42. The second-order valence-corrected chi connectivity index (χ2v) is 10.1. The van der Waals surface area contributed by atoms with Gasteiger partial charge in [0.15, 0.2) is 5.78 Å². The third kappa shape index (κ3) is 6.78. The Morgan fingerprint density at radius 1 is 1.27 bits per heavy atom. The molecule has 4 rings (SSSR count). The number of halogens is 1. The number of aliphatic imine (C=N–C) groups is 1. The van der Waals surface area contributed by atoms with E-state index in [1.54, 1.807) is 24.4 Å². The molecule has 0 bridgehead atoms. The lowest BCUT2D eigenvalue weighted by atomic mass is 10.1. The number of nitro groups is 1. The molecule has 0 fully saturated rings. The van der Waals surface area contributed by atoms with Gasteiger partial charge in [-0.1, -0.05) is 12.8 Å². The fraction of sp³-hybridized carbons (Fsp3) is 0.276. The molecule has 0 saturated heterocycles. The van der Waals surface area contributed by atoms with Gasteiger partial charge in [0.05, 0.1) is 49.9 Å². The van der Waals surface area contributed by atoms with Gasteiger partial charge in [-0.25, -0.2) is 14.4 Å². The number of pyridine rings is 1. The summed E-state index contributed by atoms with van der Waals surface area (Å²) >= 11 is 0. The number of carbonyl (C=O) groups is 1. The molecule has 11 heteroatoms. The molecule has 3 heterocycles. The average Bonchev–Trinajstić information content (AvgIpc) is 3.32. The first-order valence-corrected chi connectivity index (χ1v) is 12.7. The van der Waals surface area contributed by atoms with E-state index < -0.39 is 10.7 Å². The van der Waals surface area contributed by atoms with Gasteiger partial charge in [0.25, 0.3) is 0 Å². The van der Waals surface area contributed by atoms with E-state index in [1.165, 1.54) is 24.5 Å². The van der Waals surface area contributed by atoms with Gasteiger partial charge in [0.1, 0.15) is 30.2 Å². The van der Waals surface area contributed by atoms with Crippen LogP contribution >= 0.6 is 0 Å². The molecule has 40 heavy (non-hydrogen) atoms. The second-order valence-electron chi connectivity index (χ2n) is 10.1. The first kappa shape index (κ1) is 28.2. The number of aromatic nitrogens is 3. The lowest BCUT2D eigenvalue weighted by Gasteiger charge is -2.28. The Balaban J connectivity index is 1.42. The molecule has 0 spiro atoms. The standard InChI is InChI=1S/C29H29FN7O3/c1-5-19-12-22(9-10-26(19)30)34-28-25-15-23(31-16-27(25)32-18-33-28)14-24(38)8-7-11-37(3,4)17-20-13-21(6-2)35-29(20)36(39)40/h1,7-10,12,15-16,18H,6,11,13-14,17H2,2-4H3,(H,32,33,34)/q+1/b8-7+. The molecule has 1 aliphatic heterocycles. The van der Waals surface area contributed by atoms with Crippen LogP contribution in [0.3, 0.4) is 0 Å². The van der Waals surface area contributed by atoms with E-state index in [0.29, 0.717) is 64.1 Å². The van der Waals surface area contributed by atoms with Crippen LogP contribution < -0.4 is 5.32 Å². The Kier molecular flexibility index (Phi) is 8.40. The van der Waals surface area contributed by atoms with Crippen molar-refractivity contribution in [1.29, 1.82) is 0 Å². The predicted molar refractivity (Wildman–Crippen MR) is 151 cm³/mol. The van der Waals surface area contributed by atoms with Crippen LogP contribution in [0.15, 0.2) is 65.3 Å². The van der Waals surface area contributed by atoms with E-state index in [1.807, 2.05) is 21.0 Å². The van der Waals surface area contributed by atoms with E-state index in [4.69, 9.17) is 6.42 Å². The van der Waals surface area contributed by atoms with Crippen LogP contribution in [0, 0.1) is 28.3 Å². The Morgan fingerprint density at radius 3 is 2.80 bits per heavy atom. The Hall–Kier alpha value is -4.82. The quantitative estimate of drug-likeness (QED) is 0.125. The molecule has 1 aliphatic rings. The number of hydrogen-bond acceptors (Lipinski definition) is 8. The summed E-state index contributed by atoms with van der Waals surface area (Å²) in [6, 6.07) is 6.09. The zero-order valence-electron chi connectivity index (χ0n) is 22.5. The molecular formula is C29H29FN7O3+. The molecule has 0 saturated carbocycles. The van der Waals surface area contributed by atoms with E-state index in [2.05, 4.69) is 31.2 Å². The maximum atomic E-state index is 13.8. The van der Waals surface area contributed by atoms with Gasteiger partial charge in [-0.05, 0) is 46.3 Å². The molecule has 0 amide bonds. The number of rotatable bonds is 11. The van der Waals surface area contributed by atoms with Gasteiger partial charge < -0.3 is 19.9 Å². The topological polar surface area (TPSA) is 123 Å². The summed E-state index contributed by atoms with van der Waals surface area (Å²) < 4.78 is 14.2. The molecular weight excluding hydrogens is 513 g/mol. The zero-order valence-corrected chi connectivity index (χ0v) is 22.5. The number of likely N-dealkylation sites (N-methyl/N-ethyl adjacent to an activating group) is 1. The molecule has 204 valence electrons. The van der Waals surface area contributed by atoms with E-state index in [-0.39, 0.29) is 23.6 Å². The van der Waals surface area contributed by atoms with Gasteiger partial charge in [-0.15, -0.1) is 6.42 Å². The number of allylic oxidation sites excluding steroid dienone is 1. The van der Waals surface area contributed by atoms with Crippen molar-refractivity contribution in [1.82, 2.24) is 15.0 Å². The highest BCUT2D eigenvalue weighted by atomic mass is 19.1. The summed E-state index contributed by atoms with van der Waals surface area (Å²) in [6.07, 6.45) is 12.9. The van der Waals surface area contributed by atoms with Crippen molar-refractivity contribution in [3.05, 3.63) is 87.5 Å². The predicted octanol–water partition coefficient (Wildman–Crippen LogP) is 4.38. The molecule has 0 radical (unpaired) electrons. The summed E-state index contributed by atoms with van der Waals surface area (Å²) in [5.41, 5.74) is 3.32. The molecule has 1 aromatic carbocycles. The van der Waals surface area contributed by atoms with Crippen molar-refractivity contribution in [3.8, 4) is 12.3 Å². The second kappa shape index (κ2) is 11.9. The van der Waals surface area contributed by atoms with Gasteiger partial charge in [-0.3, -0.25) is 9.78 Å². The van der Waals surface area contributed by atoms with Crippen LogP contribution in [0.2, 0.25) is 0 Å². The molecule has 2 aromatic heterocycles. The smallest absolute Gasteiger partial charge is 0.358 e. The van der Waals surface area contributed by atoms with E-state index >= 15 is 0 Å². The first-order valence-electron chi connectivity index (χ1n) is 12.7. The minimum Gasteiger partial charge on any atom is -0.358 e. The van der Waals surface area contributed by atoms with E-state index in [0.717, 1.165) is 5.71 Å². The largest absolute Gasteiger partial charge is 0.368 e. The van der Waals surface area contributed by atoms with Crippen LogP contribution in [0.1, 0.15) is 31.0 Å². The Bertz CT molecular complexity index is 1620. The number of carbonyl (C=O) groups excluding carboxylic acids is 1. The number of nitrogens with one attached hydrogen (secondary N) is 1. The molecule has 10 nitrogen and oxygen atoms in total. The molecule has 0 unspecified atom stereocenters. The van der Waals surface area contributed by atoms with Crippen LogP contribution in [0.5, 0.6) is 0 Å². The van der Waals surface area contributed by atoms with Crippen molar-refractivity contribution in [3.63, 3.8) is 0 Å². The lowest BCUT2D eigenvalue weighted by Crippen LogP contribution is -2.41. The van der Waals surface area contributed by atoms with Crippen molar-refractivity contribution < 1.29 is 18.6 Å². The Morgan fingerprint density at radius 2 is 2.08 bits per heavy atom.